The summed E-state index contributed by atoms with van der Waals surface area (Å²) in [6.45, 7) is 1.04. The maximum atomic E-state index is 13.0. The van der Waals surface area contributed by atoms with Gasteiger partial charge in [-0.05, 0) is 42.1 Å². The van der Waals surface area contributed by atoms with Crippen molar-refractivity contribution in [1.82, 2.24) is 9.88 Å². The van der Waals surface area contributed by atoms with Crippen LogP contribution in [-0.2, 0) is 0 Å². The number of hydrogen-bond donors (Lipinski definition) is 2. The molecule has 4 aromatic carbocycles. The van der Waals surface area contributed by atoms with Crippen molar-refractivity contribution in [2.75, 3.05) is 18.4 Å². The maximum Gasteiger partial charge on any atom is 0.261 e. The number of anilines is 1. The van der Waals surface area contributed by atoms with Crippen LogP contribution in [0.1, 0.15) is 27.1 Å². The van der Waals surface area contributed by atoms with Gasteiger partial charge in [0.05, 0.1) is 0 Å². The fourth-order valence-electron chi connectivity index (χ4n) is 4.72. The van der Waals surface area contributed by atoms with Gasteiger partial charge in [-0.25, -0.2) is 0 Å². The highest BCUT2D eigenvalue weighted by atomic mass is 16.2. The van der Waals surface area contributed by atoms with Gasteiger partial charge in [0.15, 0.2) is 0 Å². The van der Waals surface area contributed by atoms with E-state index in [1.807, 2.05) is 36.4 Å². The fourth-order valence-corrected chi connectivity index (χ4v) is 4.72. The zero-order valence-corrected chi connectivity index (χ0v) is 17.4. The van der Waals surface area contributed by atoms with Crippen LogP contribution in [0.4, 0.5) is 5.69 Å². The summed E-state index contributed by atoms with van der Waals surface area (Å²) in [5, 5.41) is 7.53. The molecule has 0 unspecified atom stereocenters. The van der Waals surface area contributed by atoms with Crippen molar-refractivity contribution in [3.63, 3.8) is 0 Å². The third-order valence-electron chi connectivity index (χ3n) is 6.25. The molecule has 5 nitrogen and oxygen atoms in total. The highest BCUT2D eigenvalue weighted by Gasteiger charge is 2.32. The van der Waals surface area contributed by atoms with E-state index in [1.54, 1.807) is 12.1 Å². The number of H-pyrrole nitrogens is 1. The number of nitrogens with zero attached hydrogens (tertiary/aromatic N) is 1. The quantitative estimate of drug-likeness (QED) is 0.289. The molecule has 1 aliphatic rings. The number of para-hydroxylation sites is 1. The first-order valence-electron chi connectivity index (χ1n) is 10.8. The average molecular weight is 419 g/mol. The van der Waals surface area contributed by atoms with Gasteiger partial charge in [0.1, 0.15) is 0 Å². The van der Waals surface area contributed by atoms with E-state index >= 15 is 0 Å². The smallest absolute Gasteiger partial charge is 0.261 e. The van der Waals surface area contributed by atoms with Crippen molar-refractivity contribution in [1.29, 1.82) is 0 Å². The molecule has 1 aromatic heterocycles. The van der Waals surface area contributed by atoms with E-state index in [1.165, 1.54) is 15.7 Å². The maximum absolute atomic E-state index is 13.0. The monoisotopic (exact) mass is 419 g/mol. The highest BCUT2D eigenvalue weighted by molar-refractivity contribution is 6.25. The molecule has 0 saturated heterocycles. The van der Waals surface area contributed by atoms with Crippen molar-refractivity contribution in [3.05, 3.63) is 90.0 Å². The normalized spacial score (nSPS) is 13.4. The molecule has 2 N–H and O–H groups in total. The summed E-state index contributed by atoms with van der Waals surface area (Å²) in [4.78, 5) is 30.8. The Morgan fingerprint density at radius 1 is 0.750 bits per heavy atom. The number of carbonyl (C=O) groups is 2. The number of aromatic nitrogens is 1. The minimum Gasteiger partial charge on any atom is -0.385 e. The van der Waals surface area contributed by atoms with Crippen molar-refractivity contribution < 1.29 is 9.59 Å². The summed E-state index contributed by atoms with van der Waals surface area (Å²) in [5.41, 5.74) is 4.43. The van der Waals surface area contributed by atoms with Crippen LogP contribution < -0.4 is 5.32 Å². The molecule has 0 aliphatic carbocycles. The number of rotatable bonds is 5. The number of benzene rings is 4. The molecule has 5 heteroatoms. The topological polar surface area (TPSA) is 65.2 Å². The molecule has 0 bridgehead atoms. The molecule has 1 aliphatic heterocycles. The lowest BCUT2D eigenvalue weighted by Gasteiger charge is -2.27. The van der Waals surface area contributed by atoms with Gasteiger partial charge in [-0.1, -0.05) is 48.5 Å². The molecule has 2 heterocycles. The Morgan fingerprint density at radius 3 is 2.25 bits per heavy atom. The Bertz CT molecular complexity index is 1480. The summed E-state index contributed by atoms with van der Waals surface area (Å²) < 4.78 is 0. The van der Waals surface area contributed by atoms with E-state index in [4.69, 9.17) is 0 Å². The van der Waals surface area contributed by atoms with Gasteiger partial charge in [-0.3, -0.25) is 14.5 Å². The highest BCUT2D eigenvalue weighted by Crippen LogP contribution is 2.30. The first kappa shape index (κ1) is 18.6. The third kappa shape index (κ3) is 2.86. The first-order valence-corrected chi connectivity index (χ1v) is 10.8. The standard InChI is InChI=1S/C27H21N3O2/c31-26-21-9-3-6-17-7-4-10-22(25(17)21)27(32)30(26)15-5-14-28-18-12-13-20-19-8-1-2-11-23(19)29-24(20)16-18/h1-4,6-13,16,28-29H,5,14-15H2. The Balaban J connectivity index is 1.16. The van der Waals surface area contributed by atoms with E-state index < -0.39 is 0 Å². The van der Waals surface area contributed by atoms with Gasteiger partial charge in [0.2, 0.25) is 0 Å². The van der Waals surface area contributed by atoms with Crippen molar-refractivity contribution in [3.8, 4) is 0 Å². The third-order valence-corrected chi connectivity index (χ3v) is 6.25. The number of aromatic amines is 1. The minimum absolute atomic E-state index is 0.209. The number of amides is 2. The summed E-state index contributed by atoms with van der Waals surface area (Å²) in [6.07, 6.45) is 0.667. The lowest BCUT2D eigenvalue weighted by Crippen LogP contribution is -2.41. The largest absolute Gasteiger partial charge is 0.385 e. The number of hydrogen-bond acceptors (Lipinski definition) is 3. The second-order valence-electron chi connectivity index (χ2n) is 8.18. The predicted molar refractivity (Wildman–Crippen MR) is 128 cm³/mol. The molecule has 0 spiro atoms. The molecule has 0 saturated carbocycles. The van der Waals surface area contributed by atoms with Crippen LogP contribution in [0.15, 0.2) is 78.9 Å². The van der Waals surface area contributed by atoms with Crippen LogP contribution in [-0.4, -0.2) is 34.8 Å². The Morgan fingerprint density at radius 2 is 1.47 bits per heavy atom. The molecule has 6 rings (SSSR count). The van der Waals surface area contributed by atoms with Gasteiger partial charge >= 0.3 is 0 Å². The summed E-state index contributed by atoms with van der Waals surface area (Å²) in [5.74, 6) is -0.419. The predicted octanol–water partition coefficient (Wildman–Crippen LogP) is 5.57. The van der Waals surface area contributed by atoms with Gasteiger partial charge < -0.3 is 10.3 Å². The second kappa shape index (κ2) is 7.24. The molecule has 2 amide bonds. The molecule has 0 fully saturated rings. The zero-order chi connectivity index (χ0) is 21.7. The molecule has 0 radical (unpaired) electrons. The van der Waals surface area contributed by atoms with Crippen molar-refractivity contribution >= 4 is 50.1 Å². The van der Waals surface area contributed by atoms with E-state index in [0.29, 0.717) is 30.6 Å². The van der Waals surface area contributed by atoms with Crippen LogP contribution in [0, 0.1) is 0 Å². The van der Waals surface area contributed by atoms with Crippen LogP contribution in [0.2, 0.25) is 0 Å². The van der Waals surface area contributed by atoms with Crippen LogP contribution in [0.3, 0.4) is 0 Å². The van der Waals surface area contributed by atoms with E-state index in [9.17, 15) is 9.59 Å². The van der Waals surface area contributed by atoms with Crippen LogP contribution >= 0.6 is 0 Å². The van der Waals surface area contributed by atoms with Crippen molar-refractivity contribution in [2.24, 2.45) is 0 Å². The van der Waals surface area contributed by atoms with Crippen LogP contribution in [0.25, 0.3) is 32.6 Å². The summed E-state index contributed by atoms with van der Waals surface area (Å²) in [6, 6.07) is 25.8. The molecule has 32 heavy (non-hydrogen) atoms. The lowest BCUT2D eigenvalue weighted by molar-refractivity contribution is 0.0610. The van der Waals surface area contributed by atoms with Gasteiger partial charge in [0.25, 0.3) is 11.8 Å². The second-order valence-corrected chi connectivity index (χ2v) is 8.18. The van der Waals surface area contributed by atoms with Crippen LogP contribution in [0.5, 0.6) is 0 Å². The molecular weight excluding hydrogens is 398 g/mol. The van der Waals surface area contributed by atoms with Gasteiger partial charge in [-0.2, -0.15) is 0 Å². The van der Waals surface area contributed by atoms with Gasteiger partial charge in [0, 0.05) is 57.1 Å². The fraction of sp³-hybridized carbons (Fsp3) is 0.111. The van der Waals surface area contributed by atoms with E-state index in [-0.39, 0.29) is 11.8 Å². The van der Waals surface area contributed by atoms with E-state index in [2.05, 4.69) is 40.6 Å². The molecule has 0 atom stereocenters. The lowest BCUT2D eigenvalue weighted by atomic mass is 9.94. The number of carbonyl (C=O) groups excluding carboxylic acids is 2. The zero-order valence-electron chi connectivity index (χ0n) is 17.4. The Kier molecular flexibility index (Phi) is 4.21. The molecule has 156 valence electrons. The average Bonchev–Trinajstić information content (AvgIpc) is 3.19. The summed E-state index contributed by atoms with van der Waals surface area (Å²) >= 11 is 0. The van der Waals surface area contributed by atoms with Gasteiger partial charge in [-0.15, -0.1) is 0 Å². The Labute approximate surface area is 184 Å². The van der Waals surface area contributed by atoms with E-state index in [0.717, 1.165) is 27.5 Å². The number of nitrogens with one attached hydrogen (secondary N) is 2. The van der Waals surface area contributed by atoms with Crippen molar-refractivity contribution in [2.45, 2.75) is 6.42 Å². The number of imide groups is 1. The molecular formula is C27H21N3O2. The SMILES string of the molecule is O=C1c2cccc3cccc(c23)C(=O)N1CCCNc1ccc2c(c1)[nH]c1ccccc12. The first-order chi connectivity index (χ1) is 15.7. The molecule has 5 aromatic rings. The summed E-state index contributed by atoms with van der Waals surface area (Å²) in [7, 11) is 0. The minimum atomic E-state index is -0.209. The number of fused-ring (bicyclic) bond motifs is 3. The Hall–Kier alpha value is -4.12.